The number of hydrogen-bond acceptors (Lipinski definition) is 2. The van der Waals surface area contributed by atoms with Crippen molar-refractivity contribution in [2.24, 2.45) is 0 Å². The molecule has 2 saturated heterocycles. The van der Waals surface area contributed by atoms with Crippen LogP contribution < -0.4 is 5.32 Å². The Balaban J connectivity index is 1.78. The van der Waals surface area contributed by atoms with Gasteiger partial charge in [0.15, 0.2) is 0 Å². The van der Waals surface area contributed by atoms with Crippen molar-refractivity contribution in [3.05, 3.63) is 34.9 Å². The summed E-state index contributed by atoms with van der Waals surface area (Å²) in [7, 11) is 0. The molecule has 3 rings (SSSR count). The molecule has 0 aromatic heterocycles. The number of hydrogen-bond donors (Lipinski definition) is 1. The van der Waals surface area contributed by atoms with Crippen LogP contribution in [0.5, 0.6) is 0 Å². The second kappa shape index (κ2) is 4.36. The van der Waals surface area contributed by atoms with E-state index in [1.165, 1.54) is 18.4 Å². The molecule has 2 aliphatic rings. The van der Waals surface area contributed by atoms with Gasteiger partial charge < -0.3 is 5.32 Å². The van der Waals surface area contributed by atoms with Crippen LogP contribution in [0.3, 0.4) is 0 Å². The molecule has 0 aliphatic carbocycles. The van der Waals surface area contributed by atoms with Crippen LogP contribution in [0.25, 0.3) is 0 Å². The van der Waals surface area contributed by atoms with Gasteiger partial charge in [-0.3, -0.25) is 4.90 Å². The third-order valence-electron chi connectivity index (χ3n) is 3.84. The van der Waals surface area contributed by atoms with E-state index < -0.39 is 0 Å². The van der Waals surface area contributed by atoms with Crippen LogP contribution in [-0.2, 0) is 6.54 Å². The van der Waals surface area contributed by atoms with Gasteiger partial charge in [-0.15, -0.1) is 0 Å². The molecule has 1 N–H and O–H groups in total. The Bertz CT molecular complexity index is 364. The number of rotatable bonds is 2. The summed E-state index contributed by atoms with van der Waals surface area (Å²) < 4.78 is 0. The Morgan fingerprint density at radius 1 is 1.19 bits per heavy atom. The van der Waals surface area contributed by atoms with E-state index in [0.717, 1.165) is 36.7 Å². The van der Waals surface area contributed by atoms with E-state index in [9.17, 15) is 0 Å². The highest BCUT2D eigenvalue weighted by Gasteiger charge is 2.36. The number of benzene rings is 1. The zero-order valence-corrected chi connectivity index (χ0v) is 10.1. The summed E-state index contributed by atoms with van der Waals surface area (Å²) in [6.45, 7) is 3.29. The molecule has 2 fully saturated rings. The van der Waals surface area contributed by atoms with Crippen molar-refractivity contribution in [3.63, 3.8) is 0 Å². The third-order valence-corrected chi connectivity index (χ3v) is 4.21. The van der Waals surface area contributed by atoms with Crippen molar-refractivity contribution >= 4 is 11.6 Å². The molecular weight excluding hydrogens is 220 g/mol. The van der Waals surface area contributed by atoms with Crippen molar-refractivity contribution in [3.8, 4) is 0 Å². The topological polar surface area (TPSA) is 15.3 Å². The second-order valence-corrected chi connectivity index (χ2v) is 5.21. The van der Waals surface area contributed by atoms with Crippen LogP contribution >= 0.6 is 11.6 Å². The third kappa shape index (κ3) is 1.86. The minimum atomic E-state index is 0.718. The highest BCUT2D eigenvalue weighted by molar-refractivity contribution is 6.31. The van der Waals surface area contributed by atoms with E-state index in [4.69, 9.17) is 11.6 Å². The van der Waals surface area contributed by atoms with E-state index in [1.54, 1.807) is 0 Å². The molecule has 86 valence electrons. The quantitative estimate of drug-likeness (QED) is 0.848. The summed E-state index contributed by atoms with van der Waals surface area (Å²) >= 11 is 6.22. The first-order chi connectivity index (χ1) is 7.84. The van der Waals surface area contributed by atoms with Crippen LogP contribution in [0.4, 0.5) is 0 Å². The predicted octanol–water partition coefficient (Wildman–Crippen LogP) is 2.28. The van der Waals surface area contributed by atoms with Crippen molar-refractivity contribution in [1.82, 2.24) is 10.2 Å². The second-order valence-electron chi connectivity index (χ2n) is 4.81. The molecule has 0 radical (unpaired) electrons. The number of piperazine rings is 1. The number of nitrogens with zero attached hydrogens (tertiary/aromatic N) is 1. The maximum Gasteiger partial charge on any atom is 0.0451 e. The fraction of sp³-hybridized carbons (Fsp3) is 0.538. The van der Waals surface area contributed by atoms with Gasteiger partial charge in [0.2, 0.25) is 0 Å². The summed E-state index contributed by atoms with van der Waals surface area (Å²) in [5, 5.41) is 4.41. The van der Waals surface area contributed by atoms with E-state index in [2.05, 4.69) is 22.3 Å². The summed E-state index contributed by atoms with van der Waals surface area (Å²) in [6.07, 6.45) is 2.67. The van der Waals surface area contributed by atoms with Gasteiger partial charge in [-0.2, -0.15) is 0 Å². The van der Waals surface area contributed by atoms with Crippen LogP contribution in [0, 0.1) is 0 Å². The zero-order chi connectivity index (χ0) is 11.0. The van der Waals surface area contributed by atoms with Crippen molar-refractivity contribution < 1.29 is 0 Å². The van der Waals surface area contributed by atoms with E-state index in [-0.39, 0.29) is 0 Å². The molecule has 2 bridgehead atoms. The van der Waals surface area contributed by atoms with Crippen LogP contribution in [0.2, 0.25) is 5.02 Å². The zero-order valence-electron chi connectivity index (χ0n) is 9.32. The molecule has 3 heteroatoms. The molecule has 0 saturated carbocycles. The Hall–Kier alpha value is -0.570. The maximum absolute atomic E-state index is 6.22. The monoisotopic (exact) mass is 236 g/mol. The average molecular weight is 237 g/mol. The van der Waals surface area contributed by atoms with Crippen molar-refractivity contribution in [2.75, 3.05) is 13.1 Å². The maximum atomic E-state index is 6.22. The first-order valence-electron chi connectivity index (χ1n) is 6.04. The van der Waals surface area contributed by atoms with Crippen molar-refractivity contribution in [2.45, 2.75) is 31.5 Å². The smallest absolute Gasteiger partial charge is 0.0451 e. The summed E-state index contributed by atoms with van der Waals surface area (Å²) in [5.41, 5.74) is 1.27. The SMILES string of the molecule is Clc1ccccc1CN1C2CCC1CNC2. The molecule has 2 unspecified atom stereocenters. The molecule has 1 aromatic rings. The minimum absolute atomic E-state index is 0.718. The number of fused-ring (bicyclic) bond motifs is 2. The molecule has 2 atom stereocenters. The molecule has 0 spiro atoms. The van der Waals surface area contributed by atoms with E-state index in [1.807, 2.05) is 12.1 Å². The molecule has 0 amide bonds. The highest BCUT2D eigenvalue weighted by atomic mass is 35.5. The summed E-state index contributed by atoms with van der Waals surface area (Å²) in [4.78, 5) is 2.62. The fourth-order valence-corrected chi connectivity index (χ4v) is 3.15. The van der Waals surface area contributed by atoms with Gasteiger partial charge in [0.1, 0.15) is 0 Å². The lowest BCUT2D eigenvalue weighted by atomic mass is 10.1. The molecular formula is C13H17ClN2. The summed E-state index contributed by atoms with van der Waals surface area (Å²) in [5.74, 6) is 0. The molecule has 1 aromatic carbocycles. The average Bonchev–Trinajstić information content (AvgIpc) is 2.53. The molecule has 2 nitrogen and oxygen atoms in total. The Morgan fingerprint density at radius 3 is 2.56 bits per heavy atom. The van der Waals surface area contributed by atoms with E-state index in [0.29, 0.717) is 0 Å². The van der Waals surface area contributed by atoms with Crippen LogP contribution in [0.15, 0.2) is 24.3 Å². The largest absolute Gasteiger partial charge is 0.314 e. The molecule has 2 aliphatic heterocycles. The summed E-state index contributed by atoms with van der Waals surface area (Å²) in [6, 6.07) is 9.64. The lowest BCUT2D eigenvalue weighted by Gasteiger charge is -2.35. The minimum Gasteiger partial charge on any atom is -0.314 e. The molecule has 2 heterocycles. The highest BCUT2D eigenvalue weighted by Crippen LogP contribution is 2.29. The Kier molecular flexibility index (Phi) is 2.88. The van der Waals surface area contributed by atoms with Gasteiger partial charge >= 0.3 is 0 Å². The van der Waals surface area contributed by atoms with Gasteiger partial charge in [0.25, 0.3) is 0 Å². The van der Waals surface area contributed by atoms with E-state index >= 15 is 0 Å². The molecule has 16 heavy (non-hydrogen) atoms. The van der Waals surface area contributed by atoms with Gasteiger partial charge in [-0.25, -0.2) is 0 Å². The van der Waals surface area contributed by atoms with Gasteiger partial charge in [-0.05, 0) is 24.5 Å². The van der Waals surface area contributed by atoms with Crippen LogP contribution in [-0.4, -0.2) is 30.1 Å². The van der Waals surface area contributed by atoms with Gasteiger partial charge in [-0.1, -0.05) is 29.8 Å². The van der Waals surface area contributed by atoms with Gasteiger partial charge in [0.05, 0.1) is 0 Å². The first-order valence-corrected chi connectivity index (χ1v) is 6.42. The standard InChI is InChI=1S/C13H17ClN2/c14-13-4-2-1-3-10(13)9-16-11-5-6-12(16)8-15-7-11/h1-4,11-12,15H,5-9H2. The Labute approximate surface area is 102 Å². The lowest BCUT2D eigenvalue weighted by Crippen LogP contribution is -2.51. The van der Waals surface area contributed by atoms with Crippen LogP contribution in [0.1, 0.15) is 18.4 Å². The van der Waals surface area contributed by atoms with Gasteiger partial charge in [0, 0.05) is 36.7 Å². The fourth-order valence-electron chi connectivity index (χ4n) is 2.95. The first kappa shape index (κ1) is 10.6. The van der Waals surface area contributed by atoms with Crippen molar-refractivity contribution in [1.29, 1.82) is 0 Å². The number of nitrogens with one attached hydrogen (secondary N) is 1. The lowest BCUT2D eigenvalue weighted by molar-refractivity contribution is 0.145. The normalized spacial score (nSPS) is 29.6. The Morgan fingerprint density at radius 2 is 1.88 bits per heavy atom. The predicted molar refractivity (Wildman–Crippen MR) is 66.7 cm³/mol. The number of halogens is 1.